The second-order valence-electron chi connectivity index (χ2n) is 5.84. The number of nitrogens with one attached hydrogen (secondary N) is 2. The van der Waals surface area contributed by atoms with Crippen LogP contribution < -0.4 is 15.4 Å². The minimum absolute atomic E-state index is 0.0644. The Kier molecular flexibility index (Phi) is 5.39. The third-order valence-electron chi connectivity index (χ3n) is 2.78. The second kappa shape index (κ2) is 6.61. The highest BCUT2D eigenvalue weighted by molar-refractivity contribution is 5.81. The number of carbonyl (C=O) groups excluding carboxylic acids is 1. The van der Waals surface area contributed by atoms with Gasteiger partial charge in [0.2, 0.25) is 5.91 Å². The smallest absolute Gasteiger partial charge is 0.237 e. The van der Waals surface area contributed by atoms with Crippen molar-refractivity contribution in [3.63, 3.8) is 0 Å². The normalized spacial score (nSPS) is 12.8. The minimum Gasteiger partial charge on any atom is -0.507 e. The van der Waals surface area contributed by atoms with Crippen LogP contribution in [-0.2, 0) is 11.3 Å². The first-order valence-electron chi connectivity index (χ1n) is 6.64. The van der Waals surface area contributed by atoms with Crippen LogP contribution in [0.25, 0.3) is 0 Å². The summed E-state index contributed by atoms with van der Waals surface area (Å²) in [5, 5.41) is 15.8. The summed E-state index contributed by atoms with van der Waals surface area (Å²) in [6.07, 6.45) is 0. The molecule has 20 heavy (non-hydrogen) atoms. The monoisotopic (exact) mass is 280 g/mol. The number of benzene rings is 1. The first-order valence-corrected chi connectivity index (χ1v) is 6.64. The molecule has 1 amide bonds. The molecular formula is C15H24N2O3. The van der Waals surface area contributed by atoms with Gasteiger partial charge in [-0.15, -0.1) is 0 Å². The number of hydrogen-bond acceptors (Lipinski definition) is 4. The van der Waals surface area contributed by atoms with Gasteiger partial charge in [0.25, 0.3) is 0 Å². The lowest BCUT2D eigenvalue weighted by Gasteiger charge is -2.23. The van der Waals surface area contributed by atoms with Crippen LogP contribution in [-0.4, -0.2) is 29.7 Å². The Morgan fingerprint density at radius 1 is 1.40 bits per heavy atom. The van der Waals surface area contributed by atoms with E-state index >= 15 is 0 Å². The summed E-state index contributed by atoms with van der Waals surface area (Å²) in [7, 11) is 1.55. The number of methoxy groups -OCH3 is 1. The molecule has 0 saturated heterocycles. The van der Waals surface area contributed by atoms with Crippen molar-refractivity contribution in [2.24, 2.45) is 0 Å². The average Bonchev–Trinajstić information content (AvgIpc) is 2.34. The molecule has 0 aliphatic rings. The summed E-state index contributed by atoms with van der Waals surface area (Å²) < 4.78 is 5.02. The van der Waals surface area contributed by atoms with Gasteiger partial charge in [0.15, 0.2) is 0 Å². The molecule has 1 atom stereocenters. The maximum Gasteiger partial charge on any atom is 0.237 e. The molecule has 0 heterocycles. The Morgan fingerprint density at radius 3 is 2.55 bits per heavy atom. The number of ether oxygens (including phenoxy) is 1. The van der Waals surface area contributed by atoms with E-state index in [4.69, 9.17) is 4.74 Å². The predicted octanol–water partition coefficient (Wildman–Crippen LogP) is 1.79. The van der Waals surface area contributed by atoms with Gasteiger partial charge in [-0.3, -0.25) is 4.79 Å². The number of amides is 1. The highest BCUT2D eigenvalue weighted by Crippen LogP contribution is 2.23. The van der Waals surface area contributed by atoms with Gasteiger partial charge < -0.3 is 20.5 Å². The van der Waals surface area contributed by atoms with Crippen molar-refractivity contribution >= 4 is 5.91 Å². The van der Waals surface area contributed by atoms with Crippen LogP contribution in [0, 0.1) is 0 Å². The molecule has 1 aromatic carbocycles. The Bertz CT molecular complexity index is 467. The van der Waals surface area contributed by atoms with E-state index in [9.17, 15) is 9.90 Å². The number of hydrogen-bond donors (Lipinski definition) is 3. The third-order valence-corrected chi connectivity index (χ3v) is 2.78. The maximum absolute atomic E-state index is 11.9. The van der Waals surface area contributed by atoms with Crippen LogP contribution in [0.5, 0.6) is 11.5 Å². The van der Waals surface area contributed by atoms with E-state index in [2.05, 4.69) is 10.6 Å². The van der Waals surface area contributed by atoms with E-state index in [1.807, 2.05) is 20.8 Å². The lowest BCUT2D eigenvalue weighted by Crippen LogP contribution is -2.49. The molecule has 0 fully saturated rings. The lowest BCUT2D eigenvalue weighted by molar-refractivity contribution is -0.124. The fourth-order valence-corrected chi connectivity index (χ4v) is 1.65. The fourth-order valence-electron chi connectivity index (χ4n) is 1.65. The average molecular weight is 280 g/mol. The molecular weight excluding hydrogens is 256 g/mol. The van der Waals surface area contributed by atoms with Crippen molar-refractivity contribution in [2.45, 2.75) is 45.8 Å². The molecule has 0 radical (unpaired) electrons. The summed E-state index contributed by atoms with van der Waals surface area (Å²) in [6, 6.07) is 4.76. The highest BCUT2D eigenvalue weighted by Gasteiger charge is 2.19. The summed E-state index contributed by atoms with van der Waals surface area (Å²) in [6.45, 7) is 8.02. The highest BCUT2D eigenvalue weighted by atomic mass is 16.5. The molecule has 5 nitrogen and oxygen atoms in total. The molecule has 0 saturated carbocycles. The van der Waals surface area contributed by atoms with Crippen LogP contribution in [0.3, 0.4) is 0 Å². The molecule has 1 aromatic rings. The Labute approximate surface area is 120 Å². The number of rotatable bonds is 5. The molecule has 5 heteroatoms. The van der Waals surface area contributed by atoms with Crippen molar-refractivity contribution in [1.29, 1.82) is 0 Å². The minimum atomic E-state index is -0.337. The molecule has 0 aliphatic carbocycles. The van der Waals surface area contributed by atoms with E-state index in [-0.39, 0.29) is 23.2 Å². The number of phenols is 1. The zero-order valence-electron chi connectivity index (χ0n) is 12.8. The van der Waals surface area contributed by atoms with Gasteiger partial charge in [-0.2, -0.15) is 0 Å². The summed E-state index contributed by atoms with van der Waals surface area (Å²) in [4.78, 5) is 11.9. The number of carbonyl (C=O) groups is 1. The molecule has 112 valence electrons. The van der Waals surface area contributed by atoms with Gasteiger partial charge in [-0.25, -0.2) is 0 Å². The first-order chi connectivity index (χ1) is 9.23. The van der Waals surface area contributed by atoms with Gasteiger partial charge in [0, 0.05) is 23.7 Å². The lowest BCUT2D eigenvalue weighted by atomic mass is 10.1. The molecule has 0 bridgehead atoms. The standard InChI is InChI=1S/C15H24N2O3/c1-10(14(19)17-15(2,3)4)16-9-11-6-7-12(20-5)8-13(11)18/h6-8,10,16,18H,9H2,1-5H3,(H,17,19). The Morgan fingerprint density at radius 2 is 2.05 bits per heavy atom. The maximum atomic E-state index is 11.9. The van der Waals surface area contributed by atoms with E-state index in [0.29, 0.717) is 12.3 Å². The predicted molar refractivity (Wildman–Crippen MR) is 78.9 cm³/mol. The summed E-state index contributed by atoms with van der Waals surface area (Å²) in [5.41, 5.74) is 0.469. The van der Waals surface area contributed by atoms with Gasteiger partial charge in [-0.1, -0.05) is 6.07 Å². The van der Waals surface area contributed by atoms with E-state index in [1.165, 1.54) is 0 Å². The van der Waals surface area contributed by atoms with Crippen LogP contribution in [0.15, 0.2) is 18.2 Å². The Balaban J connectivity index is 2.56. The van der Waals surface area contributed by atoms with E-state index < -0.39 is 0 Å². The summed E-state index contributed by atoms with van der Waals surface area (Å²) >= 11 is 0. The van der Waals surface area contributed by atoms with Crippen LogP contribution in [0.4, 0.5) is 0 Å². The van der Waals surface area contributed by atoms with E-state index in [0.717, 1.165) is 5.56 Å². The number of phenolic OH excluding ortho intramolecular Hbond substituents is 1. The van der Waals surface area contributed by atoms with Gasteiger partial charge in [-0.05, 0) is 33.8 Å². The third kappa shape index (κ3) is 5.09. The van der Waals surface area contributed by atoms with E-state index in [1.54, 1.807) is 32.2 Å². The summed E-state index contributed by atoms with van der Waals surface area (Å²) in [5.74, 6) is 0.690. The van der Waals surface area contributed by atoms with Crippen LogP contribution in [0.2, 0.25) is 0 Å². The fraction of sp³-hybridized carbons (Fsp3) is 0.533. The molecule has 1 unspecified atom stereocenters. The second-order valence-corrected chi connectivity index (χ2v) is 5.84. The van der Waals surface area contributed by atoms with Gasteiger partial charge >= 0.3 is 0 Å². The number of aromatic hydroxyl groups is 1. The SMILES string of the molecule is COc1ccc(CNC(C)C(=O)NC(C)(C)C)c(O)c1. The van der Waals surface area contributed by atoms with Crippen molar-refractivity contribution in [3.05, 3.63) is 23.8 Å². The quantitative estimate of drug-likeness (QED) is 0.769. The molecule has 3 N–H and O–H groups in total. The largest absolute Gasteiger partial charge is 0.507 e. The van der Waals surface area contributed by atoms with Gasteiger partial charge in [0.05, 0.1) is 13.2 Å². The van der Waals surface area contributed by atoms with Gasteiger partial charge in [0.1, 0.15) is 11.5 Å². The molecule has 1 rings (SSSR count). The van der Waals surface area contributed by atoms with Crippen molar-refractivity contribution < 1.29 is 14.6 Å². The molecule has 0 aliphatic heterocycles. The van der Waals surface area contributed by atoms with Crippen LogP contribution in [0.1, 0.15) is 33.3 Å². The zero-order chi connectivity index (χ0) is 15.3. The van der Waals surface area contributed by atoms with Crippen LogP contribution >= 0.6 is 0 Å². The van der Waals surface area contributed by atoms with Crippen molar-refractivity contribution in [1.82, 2.24) is 10.6 Å². The zero-order valence-corrected chi connectivity index (χ0v) is 12.8. The molecule has 0 spiro atoms. The first kappa shape index (κ1) is 16.3. The molecule has 0 aromatic heterocycles. The Hall–Kier alpha value is -1.75. The van der Waals surface area contributed by atoms with Crippen molar-refractivity contribution in [3.8, 4) is 11.5 Å². The topological polar surface area (TPSA) is 70.6 Å². The van der Waals surface area contributed by atoms with Crippen molar-refractivity contribution in [2.75, 3.05) is 7.11 Å².